The van der Waals surface area contributed by atoms with E-state index in [1.165, 1.54) is 31.4 Å². The lowest BCUT2D eigenvalue weighted by Gasteiger charge is -2.07. The number of benzene rings is 1. The molecule has 0 spiro atoms. The smallest absolute Gasteiger partial charge is 0.127 e. The van der Waals surface area contributed by atoms with Crippen LogP contribution in [0.4, 0.5) is 4.39 Å². The first-order valence-electron chi connectivity index (χ1n) is 5.74. The van der Waals surface area contributed by atoms with E-state index in [0.717, 1.165) is 12.0 Å². The Balaban J connectivity index is 2.38. The summed E-state index contributed by atoms with van der Waals surface area (Å²) in [5.41, 5.74) is 0.906. The molecule has 1 nitrogen and oxygen atoms in total. The van der Waals surface area contributed by atoms with Crippen molar-refractivity contribution in [2.45, 2.75) is 37.9 Å². The molecule has 0 bridgehead atoms. The maximum atomic E-state index is 13.1. The van der Waals surface area contributed by atoms with Crippen LogP contribution in [0, 0.1) is 5.82 Å². The van der Waals surface area contributed by atoms with Gasteiger partial charge < -0.3 is 4.74 Å². The van der Waals surface area contributed by atoms with E-state index in [2.05, 4.69) is 22.9 Å². The standard InChI is InChI=1S/C13H18BrFO/c1-2-3-4-5-6-16-13-8-11(10-14)7-12(15)9-13/h7-9H,2-6,10H2,1H3. The normalized spacial score (nSPS) is 10.4. The van der Waals surface area contributed by atoms with Crippen LogP contribution < -0.4 is 4.74 Å². The highest BCUT2D eigenvalue weighted by Crippen LogP contribution is 2.18. The number of ether oxygens (including phenoxy) is 1. The lowest BCUT2D eigenvalue weighted by Crippen LogP contribution is -1.98. The summed E-state index contributed by atoms with van der Waals surface area (Å²) in [6.07, 6.45) is 4.66. The van der Waals surface area contributed by atoms with E-state index in [-0.39, 0.29) is 5.82 Å². The highest BCUT2D eigenvalue weighted by Gasteiger charge is 2.00. The number of hydrogen-bond donors (Lipinski definition) is 0. The molecular weight excluding hydrogens is 271 g/mol. The van der Waals surface area contributed by atoms with E-state index in [9.17, 15) is 4.39 Å². The second kappa shape index (κ2) is 7.66. The zero-order chi connectivity index (χ0) is 11.8. The third kappa shape index (κ3) is 4.97. The molecule has 1 aromatic carbocycles. The SMILES string of the molecule is CCCCCCOc1cc(F)cc(CBr)c1. The zero-order valence-electron chi connectivity index (χ0n) is 9.64. The van der Waals surface area contributed by atoms with Crippen LogP contribution in [0.15, 0.2) is 18.2 Å². The summed E-state index contributed by atoms with van der Waals surface area (Å²) in [5.74, 6) is 0.395. The fourth-order valence-corrected chi connectivity index (χ4v) is 1.82. The zero-order valence-corrected chi connectivity index (χ0v) is 11.2. The van der Waals surface area contributed by atoms with Crippen LogP contribution in [-0.2, 0) is 5.33 Å². The molecule has 0 radical (unpaired) electrons. The van der Waals surface area contributed by atoms with E-state index in [1.807, 2.05) is 6.07 Å². The Kier molecular flexibility index (Phi) is 6.46. The maximum absolute atomic E-state index is 13.1. The number of halogens is 2. The number of hydrogen-bond acceptors (Lipinski definition) is 1. The predicted octanol–water partition coefficient (Wildman–Crippen LogP) is 4.68. The first kappa shape index (κ1) is 13.5. The largest absolute Gasteiger partial charge is 0.493 e. The highest BCUT2D eigenvalue weighted by molar-refractivity contribution is 9.08. The quantitative estimate of drug-likeness (QED) is 0.523. The van der Waals surface area contributed by atoms with Gasteiger partial charge in [-0.2, -0.15) is 0 Å². The predicted molar refractivity (Wildman–Crippen MR) is 68.7 cm³/mol. The van der Waals surface area contributed by atoms with Crippen molar-refractivity contribution in [3.8, 4) is 5.75 Å². The Labute approximate surface area is 105 Å². The summed E-state index contributed by atoms with van der Waals surface area (Å²) >= 11 is 3.31. The Hall–Kier alpha value is -0.570. The minimum Gasteiger partial charge on any atom is -0.493 e. The molecule has 0 aliphatic heterocycles. The number of rotatable bonds is 7. The summed E-state index contributed by atoms with van der Waals surface area (Å²) in [5, 5.41) is 0.650. The van der Waals surface area contributed by atoms with Crippen molar-refractivity contribution in [1.82, 2.24) is 0 Å². The molecule has 0 fully saturated rings. The van der Waals surface area contributed by atoms with E-state index in [0.29, 0.717) is 17.7 Å². The summed E-state index contributed by atoms with van der Waals surface area (Å²) in [4.78, 5) is 0. The van der Waals surface area contributed by atoms with Gasteiger partial charge in [0.2, 0.25) is 0 Å². The minimum atomic E-state index is -0.236. The summed E-state index contributed by atoms with van der Waals surface area (Å²) in [6, 6.07) is 4.82. The Morgan fingerprint density at radius 3 is 2.69 bits per heavy atom. The molecule has 1 aromatic rings. The molecule has 0 amide bonds. The fraction of sp³-hybridized carbons (Fsp3) is 0.538. The average molecular weight is 289 g/mol. The van der Waals surface area contributed by atoms with Crippen molar-refractivity contribution in [1.29, 1.82) is 0 Å². The molecular formula is C13H18BrFO. The van der Waals surface area contributed by atoms with E-state index >= 15 is 0 Å². The van der Waals surface area contributed by atoms with Gasteiger partial charge in [0.25, 0.3) is 0 Å². The molecule has 16 heavy (non-hydrogen) atoms. The van der Waals surface area contributed by atoms with Gasteiger partial charge in [-0.1, -0.05) is 42.1 Å². The Morgan fingerprint density at radius 1 is 1.19 bits per heavy atom. The first-order valence-corrected chi connectivity index (χ1v) is 6.86. The molecule has 0 N–H and O–H groups in total. The van der Waals surface area contributed by atoms with E-state index in [1.54, 1.807) is 0 Å². The van der Waals surface area contributed by atoms with Gasteiger partial charge in [-0.05, 0) is 24.1 Å². The van der Waals surface area contributed by atoms with Crippen LogP contribution in [-0.4, -0.2) is 6.61 Å². The van der Waals surface area contributed by atoms with Crippen LogP contribution in [0.25, 0.3) is 0 Å². The minimum absolute atomic E-state index is 0.236. The second-order valence-corrected chi connectivity index (χ2v) is 4.40. The molecule has 0 atom stereocenters. The molecule has 0 heterocycles. The third-order valence-electron chi connectivity index (χ3n) is 2.35. The topological polar surface area (TPSA) is 9.23 Å². The van der Waals surface area contributed by atoms with Gasteiger partial charge in [-0.25, -0.2) is 4.39 Å². The van der Waals surface area contributed by atoms with Crippen molar-refractivity contribution >= 4 is 15.9 Å². The number of unbranched alkanes of at least 4 members (excludes halogenated alkanes) is 3. The van der Waals surface area contributed by atoms with Gasteiger partial charge in [-0.3, -0.25) is 0 Å². The highest BCUT2D eigenvalue weighted by atomic mass is 79.9. The molecule has 3 heteroatoms. The molecule has 90 valence electrons. The lowest BCUT2D eigenvalue weighted by molar-refractivity contribution is 0.303. The van der Waals surface area contributed by atoms with Crippen molar-refractivity contribution in [2.75, 3.05) is 6.61 Å². The van der Waals surface area contributed by atoms with Crippen molar-refractivity contribution in [2.24, 2.45) is 0 Å². The monoisotopic (exact) mass is 288 g/mol. The molecule has 0 aliphatic carbocycles. The molecule has 0 saturated carbocycles. The average Bonchev–Trinajstić information content (AvgIpc) is 2.28. The molecule has 0 aromatic heterocycles. The van der Waals surface area contributed by atoms with Gasteiger partial charge in [0.1, 0.15) is 11.6 Å². The molecule has 0 saturated heterocycles. The van der Waals surface area contributed by atoms with Crippen LogP contribution in [0.1, 0.15) is 38.2 Å². The van der Waals surface area contributed by atoms with Crippen LogP contribution >= 0.6 is 15.9 Å². The van der Waals surface area contributed by atoms with E-state index in [4.69, 9.17) is 4.74 Å². The first-order chi connectivity index (χ1) is 7.76. The summed E-state index contributed by atoms with van der Waals surface area (Å²) in [7, 11) is 0. The summed E-state index contributed by atoms with van der Waals surface area (Å²) < 4.78 is 18.7. The number of alkyl halides is 1. The summed E-state index contributed by atoms with van der Waals surface area (Å²) in [6.45, 7) is 2.85. The van der Waals surface area contributed by atoms with Crippen LogP contribution in [0.2, 0.25) is 0 Å². The van der Waals surface area contributed by atoms with Gasteiger partial charge in [0.15, 0.2) is 0 Å². The van der Waals surface area contributed by atoms with Crippen LogP contribution in [0.3, 0.4) is 0 Å². The van der Waals surface area contributed by atoms with Gasteiger partial charge in [-0.15, -0.1) is 0 Å². The molecule has 0 aliphatic rings. The van der Waals surface area contributed by atoms with Crippen molar-refractivity contribution in [3.05, 3.63) is 29.6 Å². The van der Waals surface area contributed by atoms with E-state index < -0.39 is 0 Å². The fourth-order valence-electron chi connectivity index (χ4n) is 1.50. The molecule has 0 unspecified atom stereocenters. The van der Waals surface area contributed by atoms with Gasteiger partial charge in [0, 0.05) is 11.4 Å². The van der Waals surface area contributed by atoms with Crippen molar-refractivity contribution in [3.63, 3.8) is 0 Å². The Bertz CT molecular complexity index is 315. The van der Waals surface area contributed by atoms with Crippen LogP contribution in [0.5, 0.6) is 5.75 Å². The lowest BCUT2D eigenvalue weighted by atomic mass is 10.2. The van der Waals surface area contributed by atoms with Gasteiger partial charge in [0.05, 0.1) is 6.61 Å². The second-order valence-electron chi connectivity index (χ2n) is 3.84. The van der Waals surface area contributed by atoms with Gasteiger partial charge >= 0.3 is 0 Å². The third-order valence-corrected chi connectivity index (χ3v) is 3.00. The maximum Gasteiger partial charge on any atom is 0.127 e. The molecule has 1 rings (SSSR count). The van der Waals surface area contributed by atoms with Crippen molar-refractivity contribution < 1.29 is 9.13 Å². The Morgan fingerprint density at radius 2 is 2.00 bits per heavy atom.